The lowest BCUT2D eigenvalue weighted by Gasteiger charge is -2.15. The molecule has 0 aliphatic carbocycles. The number of amides is 2. The third kappa shape index (κ3) is 2.45. The third-order valence-corrected chi connectivity index (χ3v) is 2.07. The van der Waals surface area contributed by atoms with Crippen LogP contribution in [0.1, 0.15) is 13.8 Å². The fourth-order valence-corrected chi connectivity index (χ4v) is 1.38. The Bertz CT molecular complexity index is 266. The van der Waals surface area contributed by atoms with Gasteiger partial charge in [0.05, 0.1) is 6.54 Å². The summed E-state index contributed by atoms with van der Waals surface area (Å²) >= 11 is 4.91. The molecule has 0 aromatic rings. The second-order valence-electron chi connectivity index (χ2n) is 3.37. The van der Waals surface area contributed by atoms with Crippen LogP contribution in [0.15, 0.2) is 12.7 Å². The van der Waals surface area contributed by atoms with Crippen LogP contribution in [0, 0.1) is 0 Å². The molecule has 0 saturated carbocycles. The smallest absolute Gasteiger partial charge is 0.325 e. The zero-order valence-electron chi connectivity index (χ0n) is 8.32. The maximum absolute atomic E-state index is 11.5. The number of carbonyl (C=O) groups excluding carboxylic acids is 1. The van der Waals surface area contributed by atoms with Gasteiger partial charge in [-0.2, -0.15) is 0 Å². The van der Waals surface area contributed by atoms with E-state index < -0.39 is 0 Å². The van der Waals surface area contributed by atoms with Gasteiger partial charge in [-0.3, -0.25) is 4.90 Å². The highest BCUT2D eigenvalue weighted by atomic mass is 32.1. The summed E-state index contributed by atoms with van der Waals surface area (Å²) in [5, 5.41) is 2.96. The minimum atomic E-state index is -0.214. The van der Waals surface area contributed by atoms with Crippen molar-refractivity contribution in [3.05, 3.63) is 12.7 Å². The second-order valence-corrected chi connectivity index (χ2v) is 3.72. The monoisotopic (exact) mass is 214 g/mol. The fourth-order valence-electron chi connectivity index (χ4n) is 1.10. The number of hydrogen-bond donors (Lipinski definition) is 1. The fraction of sp³-hybridized carbons (Fsp3) is 0.556. The van der Waals surface area contributed by atoms with E-state index >= 15 is 0 Å². The first-order valence-corrected chi connectivity index (χ1v) is 4.86. The summed E-state index contributed by atoms with van der Waals surface area (Å²) in [6.07, 6.45) is 1.45. The average Bonchev–Trinajstić information content (AvgIpc) is 2.45. The minimum absolute atomic E-state index is 0.0908. The minimum Gasteiger partial charge on any atom is -0.461 e. The van der Waals surface area contributed by atoms with Crippen molar-refractivity contribution in [2.75, 3.05) is 6.54 Å². The Morgan fingerprint density at radius 3 is 2.93 bits per heavy atom. The molecule has 1 aliphatic heterocycles. The summed E-state index contributed by atoms with van der Waals surface area (Å²) in [6, 6.07) is -0.123. The quantitative estimate of drug-likeness (QED) is 0.556. The molecule has 0 aromatic carbocycles. The number of nitrogens with zero attached hydrogens (tertiary/aromatic N) is 1. The summed E-state index contributed by atoms with van der Waals surface area (Å²) in [6.45, 7) is 7.82. The van der Waals surface area contributed by atoms with E-state index in [-0.39, 0.29) is 23.4 Å². The lowest BCUT2D eigenvalue weighted by Crippen LogP contribution is -2.43. The van der Waals surface area contributed by atoms with E-state index in [1.54, 1.807) is 6.08 Å². The van der Waals surface area contributed by atoms with E-state index in [0.29, 0.717) is 6.54 Å². The van der Waals surface area contributed by atoms with Gasteiger partial charge in [0.15, 0.2) is 0 Å². The molecule has 1 rings (SSSR count). The number of rotatable bonds is 2. The zero-order valence-corrected chi connectivity index (χ0v) is 9.13. The van der Waals surface area contributed by atoms with Crippen molar-refractivity contribution in [2.45, 2.75) is 26.0 Å². The Morgan fingerprint density at radius 1 is 1.86 bits per heavy atom. The first-order chi connectivity index (χ1) is 6.54. The molecule has 1 atom stereocenters. The average molecular weight is 214 g/mol. The van der Waals surface area contributed by atoms with Gasteiger partial charge in [-0.25, -0.2) is 4.79 Å². The Morgan fingerprint density at radius 2 is 2.50 bits per heavy atom. The van der Waals surface area contributed by atoms with Crippen LogP contribution < -0.4 is 5.32 Å². The molecule has 2 amide bonds. The van der Waals surface area contributed by atoms with Gasteiger partial charge in [0, 0.05) is 6.04 Å². The van der Waals surface area contributed by atoms with Gasteiger partial charge in [0.25, 0.3) is 5.17 Å². The lowest BCUT2D eigenvalue weighted by molar-refractivity contribution is 0.221. The maximum atomic E-state index is 11.5. The van der Waals surface area contributed by atoms with E-state index in [9.17, 15) is 4.79 Å². The Balaban J connectivity index is 2.57. The molecule has 5 heteroatoms. The highest BCUT2D eigenvalue weighted by molar-refractivity contribution is 7.80. The van der Waals surface area contributed by atoms with Crippen LogP contribution in [0.4, 0.5) is 4.79 Å². The largest absolute Gasteiger partial charge is 0.461 e. The van der Waals surface area contributed by atoms with Crippen molar-refractivity contribution >= 4 is 23.4 Å². The van der Waals surface area contributed by atoms with E-state index in [1.807, 2.05) is 13.8 Å². The van der Waals surface area contributed by atoms with Crippen LogP contribution in [-0.2, 0) is 4.74 Å². The van der Waals surface area contributed by atoms with Crippen molar-refractivity contribution in [3.63, 3.8) is 0 Å². The SMILES string of the molecule is C=CC1CN(C(=O)NC(C)C)C(=S)O1. The molecule has 78 valence electrons. The van der Waals surface area contributed by atoms with Gasteiger partial charge in [-0.1, -0.05) is 6.58 Å². The van der Waals surface area contributed by atoms with E-state index in [2.05, 4.69) is 11.9 Å². The summed E-state index contributed by atoms with van der Waals surface area (Å²) in [5.41, 5.74) is 0. The van der Waals surface area contributed by atoms with Gasteiger partial charge in [0.1, 0.15) is 6.10 Å². The highest BCUT2D eigenvalue weighted by Crippen LogP contribution is 2.12. The van der Waals surface area contributed by atoms with Gasteiger partial charge in [-0.05, 0) is 32.1 Å². The van der Waals surface area contributed by atoms with Crippen molar-refractivity contribution in [3.8, 4) is 0 Å². The molecule has 1 unspecified atom stereocenters. The summed E-state index contributed by atoms with van der Waals surface area (Å²) < 4.78 is 5.20. The number of carbonyl (C=O) groups is 1. The number of thiocarbonyl (C=S) groups is 1. The number of nitrogens with one attached hydrogen (secondary N) is 1. The van der Waals surface area contributed by atoms with Crippen molar-refractivity contribution in [1.29, 1.82) is 0 Å². The van der Waals surface area contributed by atoms with Crippen LogP contribution in [-0.4, -0.2) is 34.8 Å². The summed E-state index contributed by atoms with van der Waals surface area (Å²) in [5.74, 6) is 0. The molecule has 14 heavy (non-hydrogen) atoms. The molecule has 1 N–H and O–H groups in total. The molecule has 0 aromatic heterocycles. The van der Waals surface area contributed by atoms with Crippen LogP contribution in [0.3, 0.4) is 0 Å². The van der Waals surface area contributed by atoms with Crippen LogP contribution in [0.2, 0.25) is 0 Å². The molecular formula is C9H14N2O2S. The molecule has 1 fully saturated rings. The van der Waals surface area contributed by atoms with Crippen LogP contribution in [0.25, 0.3) is 0 Å². The topological polar surface area (TPSA) is 41.6 Å². The molecule has 1 heterocycles. The lowest BCUT2D eigenvalue weighted by atomic mass is 10.3. The summed E-state index contributed by atoms with van der Waals surface area (Å²) in [4.78, 5) is 12.9. The van der Waals surface area contributed by atoms with Gasteiger partial charge in [-0.15, -0.1) is 0 Å². The third-order valence-electron chi connectivity index (χ3n) is 1.76. The molecule has 1 aliphatic rings. The van der Waals surface area contributed by atoms with Crippen molar-refractivity contribution in [1.82, 2.24) is 10.2 Å². The number of urea groups is 1. The highest BCUT2D eigenvalue weighted by Gasteiger charge is 2.31. The molecule has 4 nitrogen and oxygen atoms in total. The molecule has 1 saturated heterocycles. The van der Waals surface area contributed by atoms with Crippen molar-refractivity contribution < 1.29 is 9.53 Å². The predicted molar refractivity (Wildman–Crippen MR) is 58.0 cm³/mol. The van der Waals surface area contributed by atoms with E-state index in [0.717, 1.165) is 0 Å². The second kappa shape index (κ2) is 4.41. The Hall–Kier alpha value is -1.10. The standard InChI is InChI=1S/C9H14N2O2S/c1-4-7-5-11(9(14)13-7)8(12)10-6(2)3/h4,6-7H,1,5H2,2-3H3,(H,10,12). The Kier molecular flexibility index (Phi) is 3.46. The zero-order chi connectivity index (χ0) is 10.7. The normalized spacial score (nSPS) is 20.9. The molecule has 0 radical (unpaired) electrons. The molecular weight excluding hydrogens is 200 g/mol. The predicted octanol–water partition coefficient (Wildman–Crippen LogP) is 1.28. The first kappa shape index (κ1) is 11.0. The maximum Gasteiger partial charge on any atom is 0.325 e. The Labute approximate surface area is 88.9 Å². The molecule has 0 spiro atoms. The van der Waals surface area contributed by atoms with E-state index in [1.165, 1.54) is 4.90 Å². The number of hydrogen-bond acceptors (Lipinski definition) is 3. The molecule has 0 bridgehead atoms. The van der Waals surface area contributed by atoms with Crippen LogP contribution in [0.5, 0.6) is 0 Å². The van der Waals surface area contributed by atoms with Gasteiger partial charge < -0.3 is 10.1 Å². The van der Waals surface area contributed by atoms with Gasteiger partial charge >= 0.3 is 6.03 Å². The van der Waals surface area contributed by atoms with E-state index in [4.69, 9.17) is 17.0 Å². The number of ether oxygens (including phenoxy) is 1. The van der Waals surface area contributed by atoms with Crippen molar-refractivity contribution in [2.24, 2.45) is 0 Å². The van der Waals surface area contributed by atoms with Crippen LogP contribution >= 0.6 is 12.2 Å². The van der Waals surface area contributed by atoms with Gasteiger partial charge in [0.2, 0.25) is 0 Å². The first-order valence-electron chi connectivity index (χ1n) is 4.45. The summed E-state index contributed by atoms with van der Waals surface area (Å²) in [7, 11) is 0.